The van der Waals surface area contributed by atoms with Crippen LogP contribution >= 0.6 is 0 Å². The first-order valence-electron chi connectivity index (χ1n) is 5.53. The van der Waals surface area contributed by atoms with Crippen LogP contribution in [0, 0.1) is 23.0 Å². The smallest absolute Gasteiger partial charge is 0.258 e. The summed E-state index contributed by atoms with van der Waals surface area (Å²) < 4.78 is 31.9. The van der Waals surface area contributed by atoms with Crippen molar-refractivity contribution >= 4 is 5.91 Å². The minimum atomic E-state index is -0.892. The maximum atomic E-state index is 13.5. The summed E-state index contributed by atoms with van der Waals surface area (Å²) in [4.78, 5) is 11.1. The molecule has 0 saturated carbocycles. The molecule has 1 aromatic rings. The van der Waals surface area contributed by atoms with Crippen molar-refractivity contribution in [3.8, 4) is 11.8 Å². The van der Waals surface area contributed by atoms with Crippen LogP contribution in [-0.4, -0.2) is 25.6 Å². The van der Waals surface area contributed by atoms with Gasteiger partial charge in [0, 0.05) is 0 Å². The molecule has 0 unspecified atom stereocenters. The minimum Gasteiger partial charge on any atom is -0.478 e. The lowest BCUT2D eigenvalue weighted by atomic mass is 10.1. The Morgan fingerprint density at radius 3 is 2.58 bits per heavy atom. The Bertz CT molecular complexity index is 477. The fourth-order valence-corrected chi connectivity index (χ4v) is 1.39. The summed E-state index contributed by atoms with van der Waals surface area (Å²) in [5.41, 5.74) is 5.70. The van der Waals surface area contributed by atoms with Crippen LogP contribution in [0.25, 0.3) is 0 Å². The van der Waals surface area contributed by atoms with Gasteiger partial charge in [0.25, 0.3) is 5.91 Å². The highest BCUT2D eigenvalue weighted by atomic mass is 19.1. The summed E-state index contributed by atoms with van der Waals surface area (Å²) in [7, 11) is 0. The largest absolute Gasteiger partial charge is 0.478 e. The Labute approximate surface area is 109 Å². The van der Waals surface area contributed by atoms with E-state index in [1.807, 2.05) is 0 Å². The number of hydrogen-bond acceptors (Lipinski definition) is 4. The van der Waals surface area contributed by atoms with Crippen molar-refractivity contribution < 1.29 is 18.3 Å². The molecule has 3 N–H and O–H groups in total. The maximum absolute atomic E-state index is 13.5. The van der Waals surface area contributed by atoms with Gasteiger partial charge in [-0.15, -0.1) is 0 Å². The zero-order valence-electron chi connectivity index (χ0n) is 10.1. The van der Waals surface area contributed by atoms with Gasteiger partial charge in [0.15, 0.2) is 24.0 Å². The van der Waals surface area contributed by atoms with Crippen molar-refractivity contribution in [2.75, 3.05) is 19.7 Å². The average Bonchev–Trinajstić information content (AvgIpc) is 2.35. The van der Waals surface area contributed by atoms with Crippen molar-refractivity contribution in [2.24, 2.45) is 5.73 Å². The van der Waals surface area contributed by atoms with Gasteiger partial charge < -0.3 is 15.8 Å². The van der Waals surface area contributed by atoms with Crippen LogP contribution in [0.1, 0.15) is 5.56 Å². The first-order chi connectivity index (χ1) is 9.08. The maximum Gasteiger partial charge on any atom is 0.258 e. The summed E-state index contributed by atoms with van der Waals surface area (Å²) in [6, 6.07) is 3.91. The number of benzene rings is 1. The topological polar surface area (TPSA) is 88.1 Å². The van der Waals surface area contributed by atoms with E-state index in [1.165, 1.54) is 0 Å². The van der Waals surface area contributed by atoms with E-state index >= 15 is 0 Å². The molecule has 7 heteroatoms. The molecule has 102 valence electrons. The lowest BCUT2D eigenvalue weighted by molar-refractivity contribution is -0.122. The van der Waals surface area contributed by atoms with Crippen LogP contribution in [0.15, 0.2) is 12.1 Å². The lowest BCUT2D eigenvalue weighted by Gasteiger charge is -2.09. The van der Waals surface area contributed by atoms with Crippen molar-refractivity contribution in [3.05, 3.63) is 29.3 Å². The molecule has 5 nitrogen and oxygen atoms in total. The zero-order valence-corrected chi connectivity index (χ0v) is 10.1. The van der Waals surface area contributed by atoms with Crippen LogP contribution in [0.5, 0.6) is 5.75 Å². The van der Waals surface area contributed by atoms with Crippen LogP contribution in [0.3, 0.4) is 0 Å². The fourth-order valence-electron chi connectivity index (χ4n) is 1.39. The Balaban J connectivity index is 2.69. The second-order valence-electron chi connectivity index (χ2n) is 3.65. The fraction of sp³-hybridized carbons (Fsp3) is 0.333. The molecule has 0 spiro atoms. The standard InChI is InChI=1S/C12H13F2N3O2/c13-9-5-8(1-2-15)6-10(14)12(9)19-7-11(18)17-4-3-16/h5-6H,1-2,4,7,15H2,(H,17,18). The monoisotopic (exact) mass is 269 g/mol. The van der Waals surface area contributed by atoms with Crippen LogP contribution < -0.4 is 15.8 Å². The number of carbonyl (C=O) groups is 1. The first-order valence-corrected chi connectivity index (χ1v) is 5.53. The molecule has 0 atom stereocenters. The first kappa shape index (κ1) is 14.9. The molecule has 0 aliphatic rings. The highest BCUT2D eigenvalue weighted by molar-refractivity contribution is 5.77. The molecule has 0 fully saturated rings. The summed E-state index contributed by atoms with van der Waals surface area (Å²) in [5.74, 6) is -3.03. The number of rotatable bonds is 6. The third-order valence-electron chi connectivity index (χ3n) is 2.20. The Hall–Kier alpha value is -2.20. The number of halogens is 2. The number of ether oxygens (including phenoxy) is 1. The SMILES string of the molecule is N#CCNC(=O)COc1c(F)cc(CCN)cc1F. The molecule has 1 amide bonds. The second kappa shape index (κ2) is 7.28. The minimum absolute atomic E-state index is 0.192. The Kier molecular flexibility index (Phi) is 5.70. The van der Waals surface area contributed by atoms with Gasteiger partial charge in [-0.25, -0.2) is 8.78 Å². The van der Waals surface area contributed by atoms with Gasteiger partial charge >= 0.3 is 0 Å². The van der Waals surface area contributed by atoms with Crippen molar-refractivity contribution in [1.29, 1.82) is 5.26 Å². The molecule has 0 heterocycles. The Morgan fingerprint density at radius 1 is 1.42 bits per heavy atom. The zero-order chi connectivity index (χ0) is 14.3. The Morgan fingerprint density at radius 2 is 2.05 bits per heavy atom. The van der Waals surface area contributed by atoms with Crippen molar-refractivity contribution in [1.82, 2.24) is 5.32 Å². The molecular formula is C12H13F2N3O2. The van der Waals surface area contributed by atoms with Crippen LogP contribution in [0.2, 0.25) is 0 Å². The highest BCUT2D eigenvalue weighted by Crippen LogP contribution is 2.23. The summed E-state index contributed by atoms with van der Waals surface area (Å²) in [6.45, 7) is -0.482. The van der Waals surface area contributed by atoms with Gasteiger partial charge in [0.1, 0.15) is 6.54 Å². The molecule has 1 rings (SSSR count). The number of nitrogens with two attached hydrogens (primary N) is 1. The average molecular weight is 269 g/mol. The molecule has 1 aromatic carbocycles. The predicted molar refractivity (Wildman–Crippen MR) is 63.2 cm³/mol. The summed E-state index contributed by atoms with van der Waals surface area (Å²) >= 11 is 0. The highest BCUT2D eigenvalue weighted by Gasteiger charge is 2.14. The third kappa shape index (κ3) is 4.52. The molecule has 0 aromatic heterocycles. The molecule has 0 bridgehead atoms. The van der Waals surface area contributed by atoms with E-state index in [1.54, 1.807) is 6.07 Å². The van der Waals surface area contributed by atoms with Gasteiger partial charge in [-0.3, -0.25) is 4.79 Å². The van der Waals surface area contributed by atoms with Gasteiger partial charge in [-0.2, -0.15) is 5.26 Å². The van der Waals surface area contributed by atoms with Crippen molar-refractivity contribution in [2.45, 2.75) is 6.42 Å². The summed E-state index contributed by atoms with van der Waals surface area (Å²) in [6.07, 6.45) is 0.344. The van der Waals surface area contributed by atoms with E-state index in [0.717, 1.165) is 12.1 Å². The van der Waals surface area contributed by atoms with E-state index in [4.69, 9.17) is 15.7 Å². The van der Waals surface area contributed by atoms with E-state index in [-0.39, 0.29) is 13.1 Å². The van der Waals surface area contributed by atoms with Crippen molar-refractivity contribution in [3.63, 3.8) is 0 Å². The molecule has 0 radical (unpaired) electrons. The molecule has 0 aliphatic carbocycles. The van der Waals surface area contributed by atoms with Gasteiger partial charge in [-0.05, 0) is 30.7 Å². The van der Waals surface area contributed by atoms with E-state index in [2.05, 4.69) is 5.32 Å². The number of nitrogens with one attached hydrogen (secondary N) is 1. The number of nitriles is 1. The van der Waals surface area contributed by atoms with Crippen LogP contribution in [-0.2, 0) is 11.2 Å². The lowest BCUT2D eigenvalue weighted by Crippen LogP contribution is -2.29. The summed E-state index contributed by atoms with van der Waals surface area (Å²) in [5, 5.41) is 10.4. The predicted octanol–water partition coefficient (Wildman–Crippen LogP) is 0.485. The van der Waals surface area contributed by atoms with E-state index in [0.29, 0.717) is 12.0 Å². The van der Waals surface area contributed by atoms with Gasteiger partial charge in [0.05, 0.1) is 6.07 Å². The van der Waals surface area contributed by atoms with E-state index < -0.39 is 29.9 Å². The van der Waals surface area contributed by atoms with Gasteiger partial charge in [0.2, 0.25) is 0 Å². The number of amides is 1. The van der Waals surface area contributed by atoms with Gasteiger partial charge in [-0.1, -0.05) is 0 Å². The number of carbonyl (C=O) groups excluding carboxylic acids is 1. The quantitative estimate of drug-likeness (QED) is 0.735. The number of hydrogen-bond donors (Lipinski definition) is 2. The van der Waals surface area contributed by atoms with E-state index in [9.17, 15) is 13.6 Å². The second-order valence-corrected chi connectivity index (χ2v) is 3.65. The van der Waals surface area contributed by atoms with Crippen LogP contribution in [0.4, 0.5) is 8.78 Å². The third-order valence-corrected chi connectivity index (χ3v) is 2.20. The molecule has 19 heavy (non-hydrogen) atoms. The number of nitrogens with zero attached hydrogens (tertiary/aromatic N) is 1. The molecule has 0 aliphatic heterocycles. The molecular weight excluding hydrogens is 256 g/mol. The normalized spacial score (nSPS) is 9.79. The molecule has 0 saturated heterocycles.